The van der Waals surface area contributed by atoms with Gasteiger partial charge < -0.3 is 20.1 Å². The zero-order valence-electron chi connectivity index (χ0n) is 18.3. The summed E-state index contributed by atoms with van der Waals surface area (Å²) in [5, 5.41) is 0. The second-order valence-electron chi connectivity index (χ2n) is 8.92. The molecule has 2 aliphatic rings. The maximum atomic E-state index is 13.3. The third kappa shape index (κ3) is 4.62. The Morgan fingerprint density at radius 2 is 1.70 bits per heavy atom. The van der Waals surface area contributed by atoms with Gasteiger partial charge in [0.25, 0.3) is 5.91 Å². The largest absolute Gasteiger partial charge is 0.457 e. The number of ether oxygens (including phenoxy) is 2. The third-order valence-corrected chi connectivity index (χ3v) is 6.64. The van der Waals surface area contributed by atoms with Gasteiger partial charge in [-0.3, -0.25) is 4.79 Å². The number of carbonyl (C=O) groups excluding carboxylic acids is 1. The molecular formula is C26H26FN3O3. The van der Waals surface area contributed by atoms with Crippen molar-refractivity contribution >= 4 is 11.6 Å². The smallest absolute Gasteiger partial charge is 0.254 e. The van der Waals surface area contributed by atoms with Gasteiger partial charge in [0.2, 0.25) is 5.88 Å². The molecule has 7 heteroatoms. The molecule has 0 unspecified atom stereocenters. The van der Waals surface area contributed by atoms with Gasteiger partial charge in [0.05, 0.1) is 11.9 Å². The fourth-order valence-corrected chi connectivity index (χ4v) is 4.91. The average molecular weight is 448 g/mol. The van der Waals surface area contributed by atoms with Crippen LogP contribution in [0.25, 0.3) is 0 Å². The van der Waals surface area contributed by atoms with Crippen LogP contribution in [0.4, 0.5) is 10.1 Å². The topological polar surface area (TPSA) is 77.7 Å². The molecule has 1 aromatic heterocycles. The SMILES string of the molecule is NC(=O)c1cc(N2CCC3(CCCC3)C2)cnc1Oc1ccc(Oc2cccc(F)c2)cc1. The maximum absolute atomic E-state index is 13.3. The number of nitrogens with zero attached hydrogens (tertiary/aromatic N) is 2. The molecule has 2 heterocycles. The van der Waals surface area contributed by atoms with Crippen LogP contribution in [0.5, 0.6) is 23.1 Å². The summed E-state index contributed by atoms with van der Waals surface area (Å²) in [6.07, 6.45) is 8.09. The van der Waals surface area contributed by atoms with E-state index in [1.54, 1.807) is 48.7 Å². The number of aromatic nitrogens is 1. The summed E-state index contributed by atoms with van der Waals surface area (Å²) in [5.41, 5.74) is 7.21. The van der Waals surface area contributed by atoms with Crippen molar-refractivity contribution in [1.82, 2.24) is 4.98 Å². The first-order valence-electron chi connectivity index (χ1n) is 11.3. The van der Waals surface area contributed by atoms with E-state index in [1.165, 1.54) is 44.2 Å². The number of primary amides is 1. The molecule has 0 atom stereocenters. The van der Waals surface area contributed by atoms with Crippen LogP contribution in [0.2, 0.25) is 0 Å². The van der Waals surface area contributed by atoms with Crippen molar-refractivity contribution in [3.05, 3.63) is 72.2 Å². The van der Waals surface area contributed by atoms with Crippen LogP contribution in [0, 0.1) is 11.2 Å². The quantitative estimate of drug-likeness (QED) is 0.526. The number of benzene rings is 2. The van der Waals surface area contributed by atoms with Crippen molar-refractivity contribution in [2.24, 2.45) is 11.1 Å². The predicted octanol–water partition coefficient (Wildman–Crippen LogP) is 5.67. The van der Waals surface area contributed by atoms with Gasteiger partial charge in [-0.15, -0.1) is 0 Å². The van der Waals surface area contributed by atoms with Gasteiger partial charge in [-0.25, -0.2) is 9.37 Å². The van der Waals surface area contributed by atoms with Crippen LogP contribution in [-0.2, 0) is 0 Å². The Hall–Kier alpha value is -3.61. The Balaban J connectivity index is 1.30. The highest BCUT2D eigenvalue weighted by Crippen LogP contribution is 2.46. The zero-order chi connectivity index (χ0) is 22.8. The molecule has 1 aliphatic carbocycles. The lowest BCUT2D eigenvalue weighted by atomic mass is 9.86. The summed E-state index contributed by atoms with van der Waals surface area (Å²) < 4.78 is 24.8. The van der Waals surface area contributed by atoms with E-state index in [1.807, 2.05) is 0 Å². The van der Waals surface area contributed by atoms with E-state index >= 15 is 0 Å². The minimum absolute atomic E-state index is 0.167. The molecule has 5 rings (SSSR count). The molecule has 1 aliphatic heterocycles. The second kappa shape index (κ2) is 8.73. The minimum atomic E-state index is -0.583. The molecule has 1 saturated heterocycles. The number of rotatable bonds is 6. The molecule has 6 nitrogen and oxygen atoms in total. The third-order valence-electron chi connectivity index (χ3n) is 6.64. The lowest BCUT2D eigenvalue weighted by Crippen LogP contribution is -2.25. The zero-order valence-corrected chi connectivity index (χ0v) is 18.3. The van der Waals surface area contributed by atoms with Crippen LogP contribution in [0.15, 0.2) is 60.8 Å². The number of nitrogens with two attached hydrogens (primary N) is 1. The standard InChI is InChI=1S/C26H26FN3O3/c27-18-4-3-5-22(14-18)32-20-6-8-21(9-7-20)33-25-23(24(28)31)15-19(16-29-25)30-13-12-26(17-30)10-1-2-11-26/h3-9,14-16H,1-2,10-13,17H2,(H2,28,31). The van der Waals surface area contributed by atoms with E-state index in [4.69, 9.17) is 15.2 Å². The van der Waals surface area contributed by atoms with E-state index in [0.29, 0.717) is 22.7 Å². The summed E-state index contributed by atoms with van der Waals surface area (Å²) in [4.78, 5) is 18.9. The first-order valence-corrected chi connectivity index (χ1v) is 11.3. The van der Waals surface area contributed by atoms with E-state index in [9.17, 15) is 9.18 Å². The summed E-state index contributed by atoms with van der Waals surface area (Å²) in [5.74, 6) is 0.628. The summed E-state index contributed by atoms with van der Waals surface area (Å²) in [6, 6.07) is 14.5. The van der Waals surface area contributed by atoms with Gasteiger partial charge >= 0.3 is 0 Å². The van der Waals surface area contributed by atoms with Crippen LogP contribution in [-0.4, -0.2) is 24.0 Å². The number of anilines is 1. The van der Waals surface area contributed by atoms with Gasteiger partial charge in [0.15, 0.2) is 0 Å². The Kier molecular flexibility index (Phi) is 5.62. The van der Waals surface area contributed by atoms with Gasteiger partial charge in [-0.2, -0.15) is 0 Å². The first-order chi connectivity index (χ1) is 16.0. The monoisotopic (exact) mass is 447 g/mol. The molecule has 33 heavy (non-hydrogen) atoms. The molecule has 2 N–H and O–H groups in total. The molecule has 2 aromatic carbocycles. The average Bonchev–Trinajstić information content (AvgIpc) is 3.45. The molecule has 170 valence electrons. The Morgan fingerprint density at radius 3 is 2.39 bits per heavy atom. The van der Waals surface area contributed by atoms with Crippen LogP contribution < -0.4 is 20.1 Å². The summed E-state index contributed by atoms with van der Waals surface area (Å²) >= 11 is 0. The first kappa shape index (κ1) is 21.2. The highest BCUT2D eigenvalue weighted by molar-refractivity contribution is 5.96. The molecule has 0 bridgehead atoms. The second-order valence-corrected chi connectivity index (χ2v) is 8.92. The Labute approximate surface area is 192 Å². The van der Waals surface area contributed by atoms with Crippen molar-refractivity contribution in [3.63, 3.8) is 0 Å². The van der Waals surface area contributed by atoms with Crippen molar-refractivity contribution in [1.29, 1.82) is 0 Å². The van der Waals surface area contributed by atoms with Gasteiger partial charge in [0, 0.05) is 19.2 Å². The molecule has 0 radical (unpaired) electrons. The minimum Gasteiger partial charge on any atom is -0.457 e. The molecule has 2 fully saturated rings. The Morgan fingerprint density at radius 1 is 0.970 bits per heavy atom. The predicted molar refractivity (Wildman–Crippen MR) is 123 cm³/mol. The maximum Gasteiger partial charge on any atom is 0.254 e. The lowest BCUT2D eigenvalue weighted by molar-refractivity contribution is 0.0997. The van der Waals surface area contributed by atoms with Crippen LogP contribution >= 0.6 is 0 Å². The molecule has 1 saturated carbocycles. The molecule has 1 spiro atoms. The van der Waals surface area contributed by atoms with E-state index in [2.05, 4.69) is 9.88 Å². The number of hydrogen-bond donors (Lipinski definition) is 1. The highest BCUT2D eigenvalue weighted by Gasteiger charge is 2.40. The van der Waals surface area contributed by atoms with Crippen molar-refractivity contribution in [3.8, 4) is 23.1 Å². The molecule has 3 aromatic rings. The van der Waals surface area contributed by atoms with Crippen LogP contribution in [0.3, 0.4) is 0 Å². The van der Waals surface area contributed by atoms with Crippen molar-refractivity contribution in [2.45, 2.75) is 32.1 Å². The van der Waals surface area contributed by atoms with Gasteiger partial charge in [-0.05, 0) is 67.1 Å². The van der Waals surface area contributed by atoms with Gasteiger partial charge in [-0.1, -0.05) is 18.9 Å². The molecule has 1 amide bonds. The van der Waals surface area contributed by atoms with E-state index in [-0.39, 0.29) is 17.3 Å². The lowest BCUT2D eigenvalue weighted by Gasteiger charge is -2.25. The van der Waals surface area contributed by atoms with Crippen molar-refractivity contribution < 1.29 is 18.7 Å². The number of amides is 1. The number of pyridine rings is 1. The number of hydrogen-bond acceptors (Lipinski definition) is 5. The highest BCUT2D eigenvalue weighted by atomic mass is 19.1. The normalized spacial score (nSPS) is 16.8. The Bertz CT molecular complexity index is 1160. The number of carbonyl (C=O) groups is 1. The fraction of sp³-hybridized carbons (Fsp3) is 0.308. The van der Waals surface area contributed by atoms with Crippen molar-refractivity contribution in [2.75, 3.05) is 18.0 Å². The summed E-state index contributed by atoms with van der Waals surface area (Å²) in [7, 11) is 0. The molecular weight excluding hydrogens is 421 g/mol. The van der Waals surface area contributed by atoms with Gasteiger partial charge in [0.1, 0.15) is 28.6 Å². The fourth-order valence-electron chi connectivity index (χ4n) is 4.91. The van der Waals surface area contributed by atoms with Crippen LogP contribution in [0.1, 0.15) is 42.5 Å². The summed E-state index contributed by atoms with van der Waals surface area (Å²) in [6.45, 7) is 1.97. The number of halogens is 1. The van der Waals surface area contributed by atoms with E-state index in [0.717, 1.165) is 18.8 Å². The van der Waals surface area contributed by atoms with E-state index < -0.39 is 5.91 Å².